The molecule has 0 saturated carbocycles. The van der Waals surface area contributed by atoms with Gasteiger partial charge < -0.3 is 14.9 Å². The van der Waals surface area contributed by atoms with Crippen molar-refractivity contribution in [2.45, 2.75) is 111 Å². The summed E-state index contributed by atoms with van der Waals surface area (Å²) in [7, 11) is 0. The second-order valence-electron chi connectivity index (χ2n) is 10.2. The third-order valence-corrected chi connectivity index (χ3v) is 6.09. The van der Waals surface area contributed by atoms with Crippen LogP contribution >= 0.6 is 0 Å². The molecule has 0 fully saturated rings. The highest BCUT2D eigenvalue weighted by Crippen LogP contribution is 2.36. The number of unbranched alkanes of at least 4 members (excludes halogenated alkanes) is 7. The Hall–Kier alpha value is -2.04. The van der Waals surface area contributed by atoms with Crippen LogP contribution in [0, 0.1) is 11.8 Å². The third-order valence-electron chi connectivity index (χ3n) is 6.09. The molecule has 5 heteroatoms. The molecule has 2 unspecified atom stereocenters. The highest BCUT2D eigenvalue weighted by molar-refractivity contribution is 5.81. The molecule has 1 aromatic carbocycles. The van der Waals surface area contributed by atoms with E-state index in [4.69, 9.17) is 4.74 Å². The molecule has 0 bridgehead atoms. The first kappa shape index (κ1) is 29.0. The SMILES string of the molecule is CCCCCCCCCCOc1ccc(C(CC(C)C)C(=O)O)c(C(CC(C)C)C(=O)O)c1. The quantitative estimate of drug-likeness (QED) is 0.219. The molecule has 1 aromatic rings. The van der Waals surface area contributed by atoms with Gasteiger partial charge >= 0.3 is 11.9 Å². The van der Waals surface area contributed by atoms with Gasteiger partial charge in [0.05, 0.1) is 18.4 Å². The molecule has 0 amide bonds. The summed E-state index contributed by atoms with van der Waals surface area (Å²) in [6, 6.07) is 5.35. The highest BCUT2D eigenvalue weighted by atomic mass is 16.5. The Kier molecular flexibility index (Phi) is 13.8. The highest BCUT2D eigenvalue weighted by Gasteiger charge is 2.30. The van der Waals surface area contributed by atoms with Crippen molar-refractivity contribution < 1.29 is 24.5 Å². The number of hydrogen-bond donors (Lipinski definition) is 2. The van der Waals surface area contributed by atoms with Gasteiger partial charge in [0, 0.05) is 0 Å². The lowest BCUT2D eigenvalue weighted by Crippen LogP contribution is -2.21. The molecule has 0 aliphatic rings. The van der Waals surface area contributed by atoms with E-state index >= 15 is 0 Å². The normalized spacial score (nSPS) is 13.3. The van der Waals surface area contributed by atoms with Gasteiger partial charge in [0.25, 0.3) is 0 Å². The lowest BCUT2D eigenvalue weighted by molar-refractivity contribution is -0.140. The van der Waals surface area contributed by atoms with Crippen LogP contribution in [0.1, 0.15) is 122 Å². The number of benzene rings is 1. The monoisotopic (exact) mass is 462 g/mol. The van der Waals surface area contributed by atoms with Gasteiger partial charge in [0.1, 0.15) is 5.75 Å². The van der Waals surface area contributed by atoms with E-state index in [0.29, 0.717) is 36.3 Å². The second-order valence-corrected chi connectivity index (χ2v) is 10.2. The predicted octanol–water partition coefficient (Wildman–Crippen LogP) is 7.63. The Morgan fingerprint density at radius 3 is 1.73 bits per heavy atom. The zero-order chi connectivity index (χ0) is 24.8. The number of rotatable bonds is 18. The van der Waals surface area contributed by atoms with Crippen molar-refractivity contribution in [2.24, 2.45) is 11.8 Å². The Morgan fingerprint density at radius 1 is 0.758 bits per heavy atom. The van der Waals surface area contributed by atoms with Crippen LogP contribution in [0.3, 0.4) is 0 Å². The zero-order valence-corrected chi connectivity index (χ0v) is 21.4. The summed E-state index contributed by atoms with van der Waals surface area (Å²) in [6.07, 6.45) is 10.7. The minimum atomic E-state index is -0.918. The van der Waals surface area contributed by atoms with E-state index in [1.807, 2.05) is 27.7 Å². The molecular weight excluding hydrogens is 416 g/mol. The van der Waals surface area contributed by atoms with E-state index in [2.05, 4.69) is 6.92 Å². The zero-order valence-electron chi connectivity index (χ0n) is 21.4. The van der Waals surface area contributed by atoms with Crippen molar-refractivity contribution in [3.63, 3.8) is 0 Å². The lowest BCUT2D eigenvalue weighted by atomic mass is 9.81. The Labute approximate surface area is 200 Å². The Balaban J connectivity index is 2.95. The number of aliphatic carboxylic acids is 2. The number of hydrogen-bond acceptors (Lipinski definition) is 3. The Morgan fingerprint density at radius 2 is 1.24 bits per heavy atom. The molecule has 0 heterocycles. The number of carbonyl (C=O) groups is 2. The minimum Gasteiger partial charge on any atom is -0.494 e. The molecule has 33 heavy (non-hydrogen) atoms. The van der Waals surface area contributed by atoms with Crippen molar-refractivity contribution in [1.29, 1.82) is 0 Å². The van der Waals surface area contributed by atoms with Gasteiger partial charge in [0.2, 0.25) is 0 Å². The average Bonchev–Trinajstić information content (AvgIpc) is 2.74. The fraction of sp³-hybridized carbons (Fsp3) is 0.714. The predicted molar refractivity (Wildman–Crippen MR) is 134 cm³/mol. The van der Waals surface area contributed by atoms with Gasteiger partial charge in [-0.15, -0.1) is 0 Å². The van der Waals surface area contributed by atoms with Gasteiger partial charge in [-0.25, -0.2) is 0 Å². The molecule has 2 atom stereocenters. The van der Waals surface area contributed by atoms with Crippen LogP contribution in [0.5, 0.6) is 5.75 Å². The van der Waals surface area contributed by atoms with Crippen molar-refractivity contribution >= 4 is 11.9 Å². The first-order chi connectivity index (χ1) is 15.7. The molecule has 0 aliphatic carbocycles. The van der Waals surface area contributed by atoms with Gasteiger partial charge in [0.15, 0.2) is 0 Å². The van der Waals surface area contributed by atoms with Crippen LogP contribution in [0.4, 0.5) is 0 Å². The van der Waals surface area contributed by atoms with Crippen molar-refractivity contribution in [2.75, 3.05) is 6.61 Å². The summed E-state index contributed by atoms with van der Waals surface area (Å²) in [5.41, 5.74) is 1.18. The van der Waals surface area contributed by atoms with E-state index in [1.165, 1.54) is 38.5 Å². The maximum absolute atomic E-state index is 12.2. The van der Waals surface area contributed by atoms with Crippen LogP contribution in [-0.2, 0) is 9.59 Å². The molecule has 0 saturated heterocycles. The van der Waals surface area contributed by atoms with Gasteiger partial charge in [-0.1, -0.05) is 85.6 Å². The van der Waals surface area contributed by atoms with E-state index in [0.717, 1.165) is 12.8 Å². The first-order valence-corrected chi connectivity index (χ1v) is 12.9. The molecule has 188 valence electrons. The van der Waals surface area contributed by atoms with Crippen LogP contribution in [0.2, 0.25) is 0 Å². The molecule has 0 spiro atoms. The Bertz CT molecular complexity index is 710. The van der Waals surface area contributed by atoms with E-state index in [1.54, 1.807) is 18.2 Å². The fourth-order valence-corrected chi connectivity index (χ4v) is 4.35. The maximum Gasteiger partial charge on any atom is 0.310 e. The minimum absolute atomic E-state index is 0.175. The fourth-order valence-electron chi connectivity index (χ4n) is 4.35. The third kappa shape index (κ3) is 11.1. The average molecular weight is 463 g/mol. The molecule has 0 aromatic heterocycles. The summed E-state index contributed by atoms with van der Waals surface area (Å²) in [5.74, 6) is -2.32. The van der Waals surface area contributed by atoms with Crippen molar-refractivity contribution in [3.05, 3.63) is 29.3 Å². The van der Waals surface area contributed by atoms with Crippen LogP contribution in [0.25, 0.3) is 0 Å². The van der Waals surface area contributed by atoms with E-state index < -0.39 is 23.8 Å². The van der Waals surface area contributed by atoms with Crippen LogP contribution < -0.4 is 4.74 Å². The summed E-state index contributed by atoms with van der Waals surface area (Å²) in [5, 5.41) is 19.8. The van der Waals surface area contributed by atoms with Crippen LogP contribution in [-0.4, -0.2) is 28.8 Å². The van der Waals surface area contributed by atoms with Crippen LogP contribution in [0.15, 0.2) is 18.2 Å². The van der Waals surface area contributed by atoms with Crippen molar-refractivity contribution in [1.82, 2.24) is 0 Å². The smallest absolute Gasteiger partial charge is 0.310 e. The molecule has 5 nitrogen and oxygen atoms in total. The van der Waals surface area contributed by atoms with Crippen molar-refractivity contribution in [3.8, 4) is 5.75 Å². The molecular formula is C28H46O5. The van der Waals surface area contributed by atoms with Gasteiger partial charge in [-0.2, -0.15) is 0 Å². The maximum atomic E-state index is 12.2. The second kappa shape index (κ2) is 15.7. The standard InChI is InChI=1S/C28H46O5/c1-6-7-8-9-10-11-12-13-16-33-22-14-15-23(25(27(29)30)17-20(2)3)24(19-22)26(28(31)32)18-21(4)5/h14-15,19-21,25-26H,6-13,16-18H2,1-5H3,(H,29,30)(H,31,32). The number of ether oxygens (including phenoxy) is 1. The van der Waals surface area contributed by atoms with E-state index in [-0.39, 0.29) is 11.8 Å². The summed E-state index contributed by atoms with van der Waals surface area (Å²) >= 11 is 0. The molecule has 2 N–H and O–H groups in total. The lowest BCUT2D eigenvalue weighted by Gasteiger charge is -2.24. The topological polar surface area (TPSA) is 83.8 Å². The summed E-state index contributed by atoms with van der Waals surface area (Å²) in [6.45, 7) is 10.8. The van der Waals surface area contributed by atoms with E-state index in [9.17, 15) is 19.8 Å². The first-order valence-electron chi connectivity index (χ1n) is 12.9. The summed E-state index contributed by atoms with van der Waals surface area (Å²) in [4.78, 5) is 24.2. The number of carboxylic acids is 2. The summed E-state index contributed by atoms with van der Waals surface area (Å²) < 4.78 is 5.96. The molecule has 0 aliphatic heterocycles. The van der Waals surface area contributed by atoms with Gasteiger partial charge in [-0.3, -0.25) is 9.59 Å². The van der Waals surface area contributed by atoms with Gasteiger partial charge in [-0.05, 0) is 54.4 Å². The molecule has 1 rings (SSSR count). The molecule has 0 radical (unpaired) electrons. The largest absolute Gasteiger partial charge is 0.494 e. The number of carboxylic acid groups (broad SMARTS) is 2.